The van der Waals surface area contributed by atoms with Gasteiger partial charge in [-0.3, -0.25) is 9.59 Å². The van der Waals surface area contributed by atoms with Crippen molar-refractivity contribution in [3.63, 3.8) is 0 Å². The maximum atomic E-state index is 12.8. The van der Waals surface area contributed by atoms with Crippen LogP contribution < -0.4 is 5.32 Å². The molecule has 1 amide bonds. The second kappa shape index (κ2) is 8.82. The molecule has 2 rings (SSSR count). The molecule has 1 atom stereocenters. The average Bonchev–Trinajstić information content (AvgIpc) is 2.60. The third-order valence-electron chi connectivity index (χ3n) is 3.57. The largest absolute Gasteiger partial charge is 0.456 e. The van der Waals surface area contributed by atoms with Crippen molar-refractivity contribution in [3.8, 4) is 0 Å². The molecule has 0 fully saturated rings. The highest BCUT2D eigenvalue weighted by atomic mass is 19.1. The number of ether oxygens (including phenoxy) is 1. The molecule has 5 heteroatoms. The monoisotopic (exact) mass is 329 g/mol. The Morgan fingerprint density at radius 2 is 1.75 bits per heavy atom. The van der Waals surface area contributed by atoms with E-state index >= 15 is 0 Å². The van der Waals surface area contributed by atoms with Crippen molar-refractivity contribution in [3.05, 3.63) is 71.5 Å². The van der Waals surface area contributed by atoms with E-state index in [0.717, 1.165) is 11.1 Å². The Labute approximate surface area is 140 Å². The molecule has 0 saturated carbocycles. The summed E-state index contributed by atoms with van der Waals surface area (Å²) in [5, 5.41) is 2.77. The van der Waals surface area contributed by atoms with Crippen LogP contribution in [-0.2, 0) is 20.7 Å². The molecule has 4 nitrogen and oxygen atoms in total. The smallest absolute Gasteiger partial charge is 0.306 e. The standard InChI is InChI=1S/C19H20FNO3/c1-14(16-5-3-2-4-6-16)21-18(22)13-24-19(23)12-9-15-7-10-17(20)11-8-15/h2-8,10-11,14H,9,12-13H2,1H3,(H,21,22)/t14-/m1/s1. The van der Waals surface area contributed by atoms with Crippen LogP contribution in [0.2, 0.25) is 0 Å². The molecule has 1 N–H and O–H groups in total. The van der Waals surface area contributed by atoms with Crippen LogP contribution in [-0.4, -0.2) is 18.5 Å². The molecule has 0 heterocycles. The lowest BCUT2D eigenvalue weighted by Crippen LogP contribution is -2.31. The summed E-state index contributed by atoms with van der Waals surface area (Å²) in [6.45, 7) is 1.56. The SMILES string of the molecule is C[C@@H](NC(=O)COC(=O)CCc1ccc(F)cc1)c1ccccc1. The van der Waals surface area contributed by atoms with Gasteiger partial charge in [0.15, 0.2) is 6.61 Å². The third-order valence-corrected chi connectivity index (χ3v) is 3.57. The summed E-state index contributed by atoms with van der Waals surface area (Å²) in [5.74, 6) is -1.12. The Morgan fingerprint density at radius 1 is 1.08 bits per heavy atom. The molecule has 0 aliphatic carbocycles. The average molecular weight is 329 g/mol. The van der Waals surface area contributed by atoms with Crippen molar-refractivity contribution < 1.29 is 18.7 Å². The summed E-state index contributed by atoms with van der Waals surface area (Å²) in [5.41, 5.74) is 1.82. The topological polar surface area (TPSA) is 55.4 Å². The maximum absolute atomic E-state index is 12.8. The summed E-state index contributed by atoms with van der Waals surface area (Å²) in [4.78, 5) is 23.5. The lowest BCUT2D eigenvalue weighted by atomic mass is 10.1. The Kier molecular flexibility index (Phi) is 6.49. The lowest BCUT2D eigenvalue weighted by Gasteiger charge is -2.14. The minimum Gasteiger partial charge on any atom is -0.456 e. The zero-order chi connectivity index (χ0) is 17.4. The van der Waals surface area contributed by atoms with Gasteiger partial charge in [-0.25, -0.2) is 4.39 Å². The van der Waals surface area contributed by atoms with E-state index in [1.54, 1.807) is 12.1 Å². The molecule has 0 bridgehead atoms. The number of amides is 1. The molecule has 126 valence electrons. The highest BCUT2D eigenvalue weighted by molar-refractivity contribution is 5.80. The Hall–Kier alpha value is -2.69. The van der Waals surface area contributed by atoms with Crippen LogP contribution in [0.15, 0.2) is 54.6 Å². The minimum atomic E-state index is -0.457. The van der Waals surface area contributed by atoms with E-state index in [1.165, 1.54) is 12.1 Å². The molecule has 0 aliphatic heterocycles. The number of carbonyl (C=O) groups is 2. The maximum Gasteiger partial charge on any atom is 0.306 e. The number of hydrogen-bond donors (Lipinski definition) is 1. The fourth-order valence-electron chi connectivity index (χ4n) is 2.22. The van der Waals surface area contributed by atoms with Crippen LogP contribution >= 0.6 is 0 Å². The van der Waals surface area contributed by atoms with Gasteiger partial charge < -0.3 is 10.1 Å². The third kappa shape index (κ3) is 5.83. The first kappa shape index (κ1) is 17.7. The van der Waals surface area contributed by atoms with E-state index in [-0.39, 0.29) is 30.8 Å². The Morgan fingerprint density at radius 3 is 2.42 bits per heavy atom. The van der Waals surface area contributed by atoms with Crippen molar-refractivity contribution in [2.75, 3.05) is 6.61 Å². The van der Waals surface area contributed by atoms with Crippen molar-refractivity contribution in [2.24, 2.45) is 0 Å². The Bertz CT molecular complexity index is 671. The highest BCUT2D eigenvalue weighted by Gasteiger charge is 2.11. The number of esters is 1. The molecule has 0 radical (unpaired) electrons. The van der Waals surface area contributed by atoms with Gasteiger partial charge in [0.05, 0.1) is 6.04 Å². The van der Waals surface area contributed by atoms with Crippen LogP contribution in [0.3, 0.4) is 0 Å². The zero-order valence-corrected chi connectivity index (χ0v) is 13.5. The van der Waals surface area contributed by atoms with Crippen molar-refractivity contribution in [1.82, 2.24) is 5.32 Å². The van der Waals surface area contributed by atoms with Gasteiger partial charge in [-0.2, -0.15) is 0 Å². The fraction of sp³-hybridized carbons (Fsp3) is 0.263. The predicted molar refractivity (Wildman–Crippen MR) is 88.7 cm³/mol. The number of halogens is 1. The van der Waals surface area contributed by atoms with Gasteiger partial charge in [0.25, 0.3) is 5.91 Å². The van der Waals surface area contributed by atoms with Crippen LogP contribution in [0.5, 0.6) is 0 Å². The summed E-state index contributed by atoms with van der Waals surface area (Å²) in [6.07, 6.45) is 0.592. The van der Waals surface area contributed by atoms with E-state index in [4.69, 9.17) is 4.74 Å². The molecule has 0 aliphatic rings. The molecule has 0 unspecified atom stereocenters. The normalized spacial score (nSPS) is 11.6. The van der Waals surface area contributed by atoms with Gasteiger partial charge >= 0.3 is 5.97 Å². The molecular weight excluding hydrogens is 309 g/mol. The molecule has 2 aromatic rings. The molecule has 0 spiro atoms. The molecule has 0 aromatic heterocycles. The fourth-order valence-corrected chi connectivity index (χ4v) is 2.22. The number of benzene rings is 2. The van der Waals surface area contributed by atoms with E-state index in [2.05, 4.69) is 5.32 Å². The van der Waals surface area contributed by atoms with Gasteiger partial charge in [0, 0.05) is 6.42 Å². The summed E-state index contributed by atoms with van der Waals surface area (Å²) >= 11 is 0. The van der Waals surface area contributed by atoms with Gasteiger partial charge in [-0.1, -0.05) is 42.5 Å². The summed E-state index contributed by atoms with van der Waals surface area (Å²) < 4.78 is 17.7. The van der Waals surface area contributed by atoms with Crippen LogP contribution in [0.25, 0.3) is 0 Å². The number of hydrogen-bond acceptors (Lipinski definition) is 3. The highest BCUT2D eigenvalue weighted by Crippen LogP contribution is 2.11. The second-order valence-corrected chi connectivity index (χ2v) is 5.49. The first-order chi connectivity index (χ1) is 11.5. The molecule has 2 aromatic carbocycles. The van der Waals surface area contributed by atoms with Crippen molar-refractivity contribution in [2.45, 2.75) is 25.8 Å². The Balaban J connectivity index is 1.69. The summed E-state index contributed by atoms with van der Waals surface area (Å²) in [6, 6.07) is 15.3. The predicted octanol–water partition coefficient (Wildman–Crippen LogP) is 3.18. The van der Waals surface area contributed by atoms with Crippen molar-refractivity contribution >= 4 is 11.9 Å². The van der Waals surface area contributed by atoms with Crippen LogP contribution in [0.1, 0.15) is 30.5 Å². The van der Waals surface area contributed by atoms with Crippen LogP contribution in [0, 0.1) is 5.82 Å². The van der Waals surface area contributed by atoms with E-state index in [9.17, 15) is 14.0 Å². The van der Waals surface area contributed by atoms with Gasteiger partial charge in [0.1, 0.15) is 5.82 Å². The van der Waals surface area contributed by atoms with Gasteiger partial charge in [-0.05, 0) is 36.6 Å². The van der Waals surface area contributed by atoms with Crippen molar-refractivity contribution in [1.29, 1.82) is 0 Å². The van der Waals surface area contributed by atoms with E-state index in [1.807, 2.05) is 37.3 Å². The number of carbonyl (C=O) groups excluding carboxylic acids is 2. The molecule has 0 saturated heterocycles. The number of rotatable bonds is 7. The summed E-state index contributed by atoms with van der Waals surface area (Å²) in [7, 11) is 0. The first-order valence-corrected chi connectivity index (χ1v) is 7.79. The van der Waals surface area contributed by atoms with E-state index in [0.29, 0.717) is 6.42 Å². The van der Waals surface area contributed by atoms with Crippen LogP contribution in [0.4, 0.5) is 4.39 Å². The number of nitrogens with one attached hydrogen (secondary N) is 1. The lowest BCUT2D eigenvalue weighted by molar-refractivity contribution is -0.148. The molecule has 24 heavy (non-hydrogen) atoms. The number of aryl methyl sites for hydroxylation is 1. The van der Waals surface area contributed by atoms with E-state index < -0.39 is 5.97 Å². The molecular formula is C19H20FNO3. The quantitative estimate of drug-likeness (QED) is 0.794. The van der Waals surface area contributed by atoms with Gasteiger partial charge in [-0.15, -0.1) is 0 Å². The second-order valence-electron chi connectivity index (χ2n) is 5.49. The zero-order valence-electron chi connectivity index (χ0n) is 13.5. The first-order valence-electron chi connectivity index (χ1n) is 7.79. The van der Waals surface area contributed by atoms with Gasteiger partial charge in [0.2, 0.25) is 0 Å². The minimum absolute atomic E-state index is 0.146.